The SMILES string of the molecule is C=C1C(C)CC(CCCO)OC1CC1OC(CC(CO[Si](C)(C)C(C)(C)C)O[Si](C)(C)C(C)(C)C)[C@H](OC)C1CS(=O)(=O)c1ccccc1. The van der Waals surface area contributed by atoms with Gasteiger partial charge in [0, 0.05) is 32.5 Å². The van der Waals surface area contributed by atoms with Crippen LogP contribution in [0.5, 0.6) is 0 Å². The standard InChI is InChI=1S/C38H68O8SSi2/c1-27-22-29(18-17-21-39)44-33(28(27)2)24-34-32(26-47(40,41)31-19-15-14-16-20-31)36(42-9)35(45-34)23-30(46-49(12,13)38(6,7)8)25-43-48(10,11)37(3,4)5/h14-16,19-20,27,29-30,32-36,39H,2,17-18,21-26H2,1,3-13H3/t27?,29?,30?,32?,33?,34?,35?,36-/m1/s1. The third-order valence-electron chi connectivity index (χ3n) is 11.8. The summed E-state index contributed by atoms with van der Waals surface area (Å²) in [4.78, 5) is 0.296. The van der Waals surface area contributed by atoms with Gasteiger partial charge in [-0.3, -0.25) is 0 Å². The Bertz CT molecular complexity index is 1300. The van der Waals surface area contributed by atoms with E-state index in [1.54, 1.807) is 31.4 Å². The van der Waals surface area contributed by atoms with E-state index in [0.717, 1.165) is 18.4 Å². The van der Waals surface area contributed by atoms with Crippen molar-refractivity contribution in [2.24, 2.45) is 11.8 Å². The van der Waals surface area contributed by atoms with Crippen LogP contribution in [-0.2, 0) is 32.9 Å². The molecule has 0 radical (unpaired) electrons. The Morgan fingerprint density at radius 3 is 2.14 bits per heavy atom. The van der Waals surface area contributed by atoms with Crippen LogP contribution in [0.1, 0.15) is 80.6 Å². The lowest BCUT2D eigenvalue weighted by atomic mass is 9.83. The van der Waals surface area contributed by atoms with E-state index in [0.29, 0.717) is 30.8 Å². The lowest BCUT2D eigenvalue weighted by Crippen LogP contribution is -2.49. The van der Waals surface area contributed by atoms with Crippen molar-refractivity contribution in [1.29, 1.82) is 0 Å². The van der Waals surface area contributed by atoms with Gasteiger partial charge in [-0.15, -0.1) is 0 Å². The minimum Gasteiger partial charge on any atom is -0.414 e. The van der Waals surface area contributed by atoms with Crippen LogP contribution >= 0.6 is 0 Å². The summed E-state index contributed by atoms with van der Waals surface area (Å²) in [5.41, 5.74) is 1.01. The Balaban J connectivity index is 1.97. The molecule has 0 spiro atoms. The molecule has 8 atom stereocenters. The Morgan fingerprint density at radius 2 is 1.59 bits per heavy atom. The summed E-state index contributed by atoms with van der Waals surface area (Å²) in [5, 5.41) is 9.51. The second-order valence-corrected chi connectivity index (χ2v) is 29.1. The molecule has 2 fully saturated rings. The number of aliphatic hydroxyl groups is 1. The quantitative estimate of drug-likeness (QED) is 0.134. The van der Waals surface area contributed by atoms with Gasteiger partial charge < -0.3 is 28.2 Å². The lowest BCUT2D eigenvalue weighted by molar-refractivity contribution is -0.0760. The van der Waals surface area contributed by atoms with E-state index < -0.39 is 50.7 Å². The van der Waals surface area contributed by atoms with Gasteiger partial charge in [0.2, 0.25) is 0 Å². The summed E-state index contributed by atoms with van der Waals surface area (Å²) in [6, 6.07) is 8.64. The first-order valence-electron chi connectivity index (χ1n) is 18.3. The molecule has 0 saturated carbocycles. The molecule has 2 saturated heterocycles. The van der Waals surface area contributed by atoms with Crippen LogP contribution in [0.2, 0.25) is 36.3 Å². The molecule has 3 rings (SSSR count). The van der Waals surface area contributed by atoms with Crippen LogP contribution in [0.3, 0.4) is 0 Å². The number of hydrogen-bond acceptors (Lipinski definition) is 8. The van der Waals surface area contributed by atoms with Crippen molar-refractivity contribution in [2.75, 3.05) is 26.1 Å². The van der Waals surface area contributed by atoms with Crippen molar-refractivity contribution in [3.63, 3.8) is 0 Å². The van der Waals surface area contributed by atoms with Gasteiger partial charge in [-0.1, -0.05) is 73.2 Å². The molecular formula is C38H68O8SSi2. The zero-order valence-corrected chi connectivity index (χ0v) is 35.4. The second-order valence-electron chi connectivity index (χ2n) is 17.5. The fraction of sp³-hybridized carbons (Fsp3) is 0.789. The van der Waals surface area contributed by atoms with Crippen LogP contribution in [0, 0.1) is 11.8 Å². The molecule has 8 nitrogen and oxygen atoms in total. The molecule has 0 bridgehead atoms. The summed E-state index contributed by atoms with van der Waals surface area (Å²) >= 11 is 0. The molecule has 0 aromatic heterocycles. The first-order valence-corrected chi connectivity index (χ1v) is 25.7. The van der Waals surface area contributed by atoms with Crippen LogP contribution in [0.15, 0.2) is 47.4 Å². The maximum absolute atomic E-state index is 13.9. The van der Waals surface area contributed by atoms with E-state index >= 15 is 0 Å². The van der Waals surface area contributed by atoms with Crippen LogP contribution in [0.4, 0.5) is 0 Å². The Hall–Kier alpha value is -0.896. The molecule has 1 aromatic carbocycles. The number of benzene rings is 1. The third kappa shape index (κ3) is 11.1. The van der Waals surface area contributed by atoms with Crippen molar-refractivity contribution in [2.45, 2.75) is 158 Å². The van der Waals surface area contributed by atoms with Gasteiger partial charge in [-0.25, -0.2) is 8.42 Å². The number of methoxy groups -OCH3 is 1. The predicted octanol–water partition coefficient (Wildman–Crippen LogP) is 8.17. The van der Waals surface area contributed by atoms with Crippen LogP contribution in [-0.4, -0.2) is 92.9 Å². The number of sulfone groups is 1. The van der Waals surface area contributed by atoms with E-state index in [9.17, 15) is 13.5 Å². The summed E-state index contributed by atoms with van der Waals surface area (Å²) in [7, 11) is -6.28. The highest BCUT2D eigenvalue weighted by molar-refractivity contribution is 7.91. The molecule has 0 aliphatic carbocycles. The molecule has 2 aliphatic rings. The fourth-order valence-electron chi connectivity index (χ4n) is 6.50. The van der Waals surface area contributed by atoms with Crippen molar-refractivity contribution in [3.05, 3.63) is 42.5 Å². The minimum absolute atomic E-state index is 0.00378. The highest BCUT2D eigenvalue weighted by atomic mass is 32.2. The maximum atomic E-state index is 13.9. The van der Waals surface area contributed by atoms with Crippen molar-refractivity contribution in [1.82, 2.24) is 0 Å². The minimum atomic E-state index is -3.65. The van der Waals surface area contributed by atoms with Crippen molar-refractivity contribution >= 4 is 26.5 Å². The largest absolute Gasteiger partial charge is 0.414 e. The maximum Gasteiger partial charge on any atom is 0.192 e. The van der Waals surface area contributed by atoms with E-state index in [1.807, 2.05) is 6.07 Å². The lowest BCUT2D eigenvalue weighted by Gasteiger charge is -2.42. The predicted molar refractivity (Wildman–Crippen MR) is 204 cm³/mol. The van der Waals surface area contributed by atoms with Gasteiger partial charge in [-0.05, 0) is 79.2 Å². The zero-order chi connectivity index (χ0) is 37.0. The number of rotatable bonds is 16. The van der Waals surface area contributed by atoms with E-state index in [-0.39, 0.29) is 46.7 Å². The van der Waals surface area contributed by atoms with Gasteiger partial charge in [0.05, 0.1) is 53.9 Å². The van der Waals surface area contributed by atoms with E-state index in [2.05, 4.69) is 81.2 Å². The number of ether oxygens (including phenoxy) is 3. The molecule has 49 heavy (non-hydrogen) atoms. The summed E-state index contributed by atoms with van der Waals surface area (Å²) in [5.74, 6) is -0.285. The normalized spacial score (nSPS) is 28.2. The highest BCUT2D eigenvalue weighted by Crippen LogP contribution is 2.43. The Morgan fingerprint density at radius 1 is 0.980 bits per heavy atom. The average Bonchev–Trinajstić information content (AvgIpc) is 3.30. The van der Waals surface area contributed by atoms with E-state index in [4.69, 9.17) is 23.1 Å². The summed E-state index contributed by atoms with van der Waals surface area (Å²) in [6.45, 7) is 29.6. The Kier molecular flexibility index (Phi) is 14.6. The zero-order valence-electron chi connectivity index (χ0n) is 32.6. The summed E-state index contributed by atoms with van der Waals surface area (Å²) in [6.07, 6.45) is 1.49. The fourth-order valence-corrected chi connectivity index (χ4v) is 10.6. The van der Waals surface area contributed by atoms with Crippen molar-refractivity contribution < 1.29 is 36.6 Å². The summed E-state index contributed by atoms with van der Waals surface area (Å²) < 4.78 is 61.3. The van der Waals surface area contributed by atoms with Crippen LogP contribution in [0.25, 0.3) is 0 Å². The molecule has 11 heteroatoms. The van der Waals surface area contributed by atoms with Crippen molar-refractivity contribution in [3.8, 4) is 0 Å². The molecule has 7 unspecified atom stereocenters. The van der Waals surface area contributed by atoms with Gasteiger partial charge in [0.25, 0.3) is 0 Å². The smallest absolute Gasteiger partial charge is 0.192 e. The van der Waals surface area contributed by atoms with Gasteiger partial charge in [0.15, 0.2) is 26.5 Å². The molecule has 0 amide bonds. The van der Waals surface area contributed by atoms with Gasteiger partial charge >= 0.3 is 0 Å². The molecule has 282 valence electrons. The first-order chi connectivity index (χ1) is 22.5. The second kappa shape index (κ2) is 16.8. The molecule has 1 aromatic rings. The Labute approximate surface area is 300 Å². The average molecular weight is 741 g/mol. The monoisotopic (exact) mass is 740 g/mol. The topological polar surface area (TPSA) is 101 Å². The van der Waals surface area contributed by atoms with Gasteiger partial charge in [-0.2, -0.15) is 0 Å². The molecular weight excluding hydrogens is 673 g/mol. The molecule has 1 N–H and O–H groups in total. The van der Waals surface area contributed by atoms with Gasteiger partial charge in [0.1, 0.15) is 0 Å². The molecule has 2 heterocycles. The third-order valence-corrected chi connectivity index (χ3v) is 22.6. The number of aliphatic hydroxyl groups excluding tert-OH is 1. The van der Waals surface area contributed by atoms with Crippen LogP contribution < -0.4 is 0 Å². The first kappa shape index (κ1) is 42.5. The molecule has 2 aliphatic heterocycles. The number of hydrogen-bond donors (Lipinski definition) is 1. The van der Waals surface area contributed by atoms with E-state index in [1.165, 1.54) is 0 Å². The highest BCUT2D eigenvalue weighted by Gasteiger charge is 2.50.